The minimum absolute atomic E-state index is 0.147. The lowest BCUT2D eigenvalue weighted by Crippen LogP contribution is -2.48. The number of rotatable bonds is 2. The SMILES string of the molecule is CN1C(=O)c2ccc(Cl)cc2C1(C#N)C(C#N)C(=O)O. The first-order valence-electron chi connectivity index (χ1n) is 5.52. The minimum atomic E-state index is -1.88. The van der Waals surface area contributed by atoms with Gasteiger partial charge >= 0.3 is 5.97 Å². The lowest BCUT2D eigenvalue weighted by molar-refractivity contribution is -0.142. The molecule has 100 valence electrons. The van der Waals surface area contributed by atoms with E-state index in [1.807, 2.05) is 6.07 Å². The molecule has 1 heterocycles. The van der Waals surface area contributed by atoms with Gasteiger partial charge in [-0.15, -0.1) is 0 Å². The van der Waals surface area contributed by atoms with Gasteiger partial charge in [-0.1, -0.05) is 11.6 Å². The van der Waals surface area contributed by atoms with Crippen molar-refractivity contribution >= 4 is 23.5 Å². The zero-order chi connectivity index (χ0) is 15.1. The first kappa shape index (κ1) is 13.9. The van der Waals surface area contributed by atoms with Crippen LogP contribution >= 0.6 is 11.6 Å². The fourth-order valence-corrected chi connectivity index (χ4v) is 2.59. The molecule has 0 bridgehead atoms. The highest BCUT2D eigenvalue weighted by atomic mass is 35.5. The summed E-state index contributed by atoms with van der Waals surface area (Å²) in [6.45, 7) is 0. The highest BCUT2D eigenvalue weighted by molar-refractivity contribution is 6.30. The molecule has 0 spiro atoms. The van der Waals surface area contributed by atoms with Crippen molar-refractivity contribution in [3.63, 3.8) is 0 Å². The average molecular weight is 290 g/mol. The van der Waals surface area contributed by atoms with Gasteiger partial charge in [-0.05, 0) is 18.2 Å². The zero-order valence-electron chi connectivity index (χ0n) is 10.3. The van der Waals surface area contributed by atoms with Gasteiger partial charge in [0.15, 0.2) is 11.5 Å². The van der Waals surface area contributed by atoms with Crippen LogP contribution in [0.3, 0.4) is 0 Å². The molecule has 0 aliphatic carbocycles. The molecule has 1 aromatic carbocycles. The van der Waals surface area contributed by atoms with E-state index in [0.717, 1.165) is 4.90 Å². The molecule has 1 aromatic rings. The molecule has 1 aliphatic heterocycles. The van der Waals surface area contributed by atoms with E-state index in [-0.39, 0.29) is 16.1 Å². The van der Waals surface area contributed by atoms with Crippen LogP contribution in [0.5, 0.6) is 0 Å². The molecule has 2 unspecified atom stereocenters. The fraction of sp³-hybridized carbons (Fsp3) is 0.231. The van der Waals surface area contributed by atoms with E-state index >= 15 is 0 Å². The number of nitrogens with zero attached hydrogens (tertiary/aromatic N) is 3. The van der Waals surface area contributed by atoms with Crippen LogP contribution in [0.4, 0.5) is 0 Å². The Kier molecular flexibility index (Phi) is 3.13. The molecule has 6 nitrogen and oxygen atoms in total. The van der Waals surface area contributed by atoms with E-state index in [0.29, 0.717) is 0 Å². The van der Waals surface area contributed by atoms with Gasteiger partial charge in [-0.25, -0.2) is 0 Å². The van der Waals surface area contributed by atoms with E-state index in [2.05, 4.69) is 0 Å². The third-order valence-electron chi connectivity index (χ3n) is 3.42. The Morgan fingerprint density at radius 3 is 2.65 bits per heavy atom. The Balaban J connectivity index is 2.82. The van der Waals surface area contributed by atoms with Crippen molar-refractivity contribution in [1.29, 1.82) is 10.5 Å². The van der Waals surface area contributed by atoms with Crippen molar-refractivity contribution in [3.05, 3.63) is 34.3 Å². The Morgan fingerprint density at radius 1 is 1.50 bits per heavy atom. The number of hydrogen-bond acceptors (Lipinski definition) is 4. The third kappa shape index (κ3) is 1.56. The molecule has 1 N–H and O–H groups in total. The molecule has 0 fully saturated rings. The van der Waals surface area contributed by atoms with Gasteiger partial charge in [0.1, 0.15) is 0 Å². The third-order valence-corrected chi connectivity index (χ3v) is 3.66. The van der Waals surface area contributed by atoms with E-state index in [1.165, 1.54) is 25.2 Å². The standard InChI is InChI=1S/C13H8ClN3O3/c1-17-11(18)8-3-2-7(14)4-9(8)13(17,6-16)10(5-15)12(19)20/h2-4,10H,1H3,(H,19,20). The molecule has 0 radical (unpaired) electrons. The number of aliphatic carboxylic acids is 1. The molecule has 0 saturated carbocycles. The lowest BCUT2D eigenvalue weighted by Gasteiger charge is -2.31. The summed E-state index contributed by atoms with van der Waals surface area (Å²) in [5.74, 6) is -3.69. The van der Waals surface area contributed by atoms with Crippen LogP contribution < -0.4 is 0 Å². The largest absolute Gasteiger partial charge is 0.480 e. The number of nitriles is 2. The van der Waals surface area contributed by atoms with Gasteiger partial charge in [0.25, 0.3) is 5.91 Å². The summed E-state index contributed by atoms with van der Waals surface area (Å²) in [4.78, 5) is 24.4. The molecule has 7 heteroatoms. The van der Waals surface area contributed by atoms with Crippen molar-refractivity contribution in [2.75, 3.05) is 7.05 Å². The molecular formula is C13H8ClN3O3. The average Bonchev–Trinajstić information content (AvgIpc) is 2.61. The molecule has 0 saturated heterocycles. The topological polar surface area (TPSA) is 105 Å². The van der Waals surface area contributed by atoms with E-state index in [9.17, 15) is 20.0 Å². The van der Waals surface area contributed by atoms with Gasteiger partial charge in [-0.2, -0.15) is 10.5 Å². The predicted octanol–water partition coefficient (Wildman–Crippen LogP) is 1.37. The van der Waals surface area contributed by atoms with Gasteiger partial charge in [-0.3, -0.25) is 9.59 Å². The summed E-state index contributed by atoms with van der Waals surface area (Å²) < 4.78 is 0. The summed E-state index contributed by atoms with van der Waals surface area (Å²) in [5, 5.41) is 28.0. The highest BCUT2D eigenvalue weighted by Crippen LogP contribution is 2.44. The van der Waals surface area contributed by atoms with E-state index < -0.39 is 23.3 Å². The van der Waals surface area contributed by atoms with Crippen LogP contribution in [0.1, 0.15) is 15.9 Å². The number of carbonyl (C=O) groups is 2. The summed E-state index contributed by atoms with van der Waals surface area (Å²) in [7, 11) is 1.30. The molecule has 0 aromatic heterocycles. The van der Waals surface area contributed by atoms with Crippen LogP contribution in [0, 0.1) is 28.6 Å². The summed E-state index contributed by atoms with van der Waals surface area (Å²) >= 11 is 5.86. The number of carbonyl (C=O) groups excluding carboxylic acids is 1. The number of carboxylic acid groups (broad SMARTS) is 1. The number of carboxylic acids is 1. The maximum absolute atomic E-state index is 12.2. The molecule has 2 atom stereocenters. The maximum Gasteiger partial charge on any atom is 0.324 e. The van der Waals surface area contributed by atoms with Gasteiger partial charge in [0.2, 0.25) is 0 Å². The molecule has 2 rings (SSSR count). The molecule has 1 amide bonds. The van der Waals surface area contributed by atoms with Crippen molar-refractivity contribution in [1.82, 2.24) is 4.90 Å². The Morgan fingerprint density at radius 2 is 2.15 bits per heavy atom. The Hall–Kier alpha value is -2.57. The summed E-state index contributed by atoms with van der Waals surface area (Å²) in [6.07, 6.45) is 0. The summed E-state index contributed by atoms with van der Waals surface area (Å²) in [6, 6.07) is 7.66. The first-order chi connectivity index (χ1) is 9.40. The van der Waals surface area contributed by atoms with Gasteiger partial charge in [0.05, 0.1) is 12.1 Å². The van der Waals surface area contributed by atoms with Crippen LogP contribution in [-0.4, -0.2) is 28.9 Å². The van der Waals surface area contributed by atoms with Crippen molar-refractivity contribution in [3.8, 4) is 12.1 Å². The second kappa shape index (κ2) is 4.52. The highest BCUT2D eigenvalue weighted by Gasteiger charge is 2.57. The number of amides is 1. The Bertz CT molecular complexity index is 704. The second-order valence-electron chi connectivity index (χ2n) is 4.33. The van der Waals surface area contributed by atoms with Crippen molar-refractivity contribution < 1.29 is 14.7 Å². The smallest absolute Gasteiger partial charge is 0.324 e. The lowest BCUT2D eigenvalue weighted by atomic mass is 9.80. The monoisotopic (exact) mass is 289 g/mol. The fourth-order valence-electron chi connectivity index (χ4n) is 2.42. The zero-order valence-corrected chi connectivity index (χ0v) is 11.0. The minimum Gasteiger partial charge on any atom is -0.480 e. The quantitative estimate of drug-likeness (QED) is 0.885. The molecular weight excluding hydrogens is 282 g/mol. The van der Waals surface area contributed by atoms with Gasteiger partial charge < -0.3 is 10.0 Å². The number of halogens is 1. The van der Waals surface area contributed by atoms with Crippen LogP contribution in [0.15, 0.2) is 18.2 Å². The Labute approximate surface area is 119 Å². The molecule has 20 heavy (non-hydrogen) atoms. The number of hydrogen-bond donors (Lipinski definition) is 1. The second-order valence-corrected chi connectivity index (χ2v) is 4.77. The van der Waals surface area contributed by atoms with Gasteiger partial charge in [0, 0.05) is 23.2 Å². The number of benzene rings is 1. The van der Waals surface area contributed by atoms with Crippen molar-refractivity contribution in [2.24, 2.45) is 5.92 Å². The van der Waals surface area contributed by atoms with Crippen molar-refractivity contribution in [2.45, 2.75) is 5.54 Å². The maximum atomic E-state index is 12.2. The van der Waals surface area contributed by atoms with Crippen LogP contribution in [-0.2, 0) is 10.3 Å². The summed E-state index contributed by atoms with van der Waals surface area (Å²) in [5.41, 5.74) is -1.55. The first-order valence-corrected chi connectivity index (χ1v) is 5.89. The predicted molar refractivity (Wildman–Crippen MR) is 67.6 cm³/mol. The number of fused-ring (bicyclic) bond motifs is 1. The van der Waals surface area contributed by atoms with E-state index in [4.69, 9.17) is 16.9 Å². The molecule has 1 aliphatic rings. The van der Waals surface area contributed by atoms with Crippen LogP contribution in [0.25, 0.3) is 0 Å². The van der Waals surface area contributed by atoms with E-state index in [1.54, 1.807) is 6.07 Å². The normalized spacial score (nSPS) is 21.8. The van der Waals surface area contributed by atoms with Crippen LogP contribution in [0.2, 0.25) is 5.02 Å².